The topological polar surface area (TPSA) is 57.3 Å². The van der Waals surface area contributed by atoms with Gasteiger partial charge in [0.05, 0.1) is 5.56 Å². The van der Waals surface area contributed by atoms with Gasteiger partial charge in [-0.2, -0.15) is 13.2 Å². The Kier molecular flexibility index (Phi) is 10.7. The van der Waals surface area contributed by atoms with Crippen molar-refractivity contribution in [2.45, 2.75) is 58.3 Å². The van der Waals surface area contributed by atoms with Crippen molar-refractivity contribution < 1.29 is 18.0 Å². The maximum Gasteiger partial charge on any atom is 0.419 e. The Morgan fingerprint density at radius 2 is 1.90 bits per heavy atom. The van der Waals surface area contributed by atoms with E-state index < -0.39 is 11.7 Å². The highest BCUT2D eigenvalue weighted by atomic mass is 79.9. The average Bonchev–Trinajstić information content (AvgIpc) is 2.93. The van der Waals surface area contributed by atoms with Crippen LogP contribution >= 0.6 is 27.5 Å². The fraction of sp³-hybridized carbons (Fsp3) is 0.419. The van der Waals surface area contributed by atoms with Gasteiger partial charge in [0.25, 0.3) is 5.91 Å². The summed E-state index contributed by atoms with van der Waals surface area (Å²) >= 11 is 9.62. The fourth-order valence-corrected chi connectivity index (χ4v) is 5.86. The van der Waals surface area contributed by atoms with Crippen LogP contribution < -0.4 is 15.5 Å². The first-order chi connectivity index (χ1) is 19.5. The number of pyridine rings is 1. The van der Waals surface area contributed by atoms with Crippen molar-refractivity contribution >= 4 is 39.3 Å². The molecule has 3 aromatic rings. The average molecular weight is 652 g/mol. The van der Waals surface area contributed by atoms with Gasteiger partial charge in [-0.15, -0.1) is 0 Å². The SMILES string of the molecule is CCCC(C)NC(=O)c1ccc(CNCC2CCN(c3ncc(-c4cccc(Cl)c4)cc3C(F)(F)F)CC2)c(Br)c1. The number of carbonyl (C=O) groups excluding carboxylic acids is 1. The molecular formula is C31H35BrClF3N4O. The molecule has 1 unspecified atom stereocenters. The second kappa shape index (κ2) is 14.0. The number of nitrogens with one attached hydrogen (secondary N) is 2. The maximum atomic E-state index is 14.0. The normalized spacial score (nSPS) is 15.1. The third-order valence-corrected chi connectivity index (χ3v) is 8.38. The van der Waals surface area contributed by atoms with E-state index in [2.05, 4.69) is 38.5 Å². The van der Waals surface area contributed by atoms with Crippen molar-refractivity contribution in [2.75, 3.05) is 24.5 Å². The predicted molar refractivity (Wildman–Crippen MR) is 162 cm³/mol. The summed E-state index contributed by atoms with van der Waals surface area (Å²) in [6.07, 6.45) is 0.438. The van der Waals surface area contributed by atoms with Gasteiger partial charge in [-0.3, -0.25) is 4.79 Å². The standard InChI is InChI=1S/C31H35BrClF3N4O/c1-3-5-20(2)39-30(41)23-8-9-24(28(32)16-23)18-37-17-21-10-12-40(13-11-21)29-27(31(34,35)36)15-25(19-38-29)22-6-4-7-26(33)14-22/h4,6-9,14-16,19-21,37H,3,5,10-13,17-18H2,1-2H3,(H,39,41). The number of rotatable bonds is 10. The van der Waals surface area contributed by atoms with E-state index in [-0.39, 0.29) is 17.8 Å². The van der Waals surface area contributed by atoms with E-state index in [9.17, 15) is 18.0 Å². The highest BCUT2D eigenvalue weighted by Gasteiger charge is 2.37. The second-order valence-electron chi connectivity index (χ2n) is 10.6. The molecule has 1 aromatic heterocycles. The lowest BCUT2D eigenvalue weighted by Gasteiger charge is -2.34. The van der Waals surface area contributed by atoms with Crippen molar-refractivity contribution in [3.8, 4) is 11.1 Å². The molecule has 1 amide bonds. The van der Waals surface area contributed by atoms with Gasteiger partial charge in [-0.25, -0.2) is 4.98 Å². The third-order valence-electron chi connectivity index (χ3n) is 7.41. The van der Waals surface area contributed by atoms with Crippen LogP contribution in [0.15, 0.2) is 59.2 Å². The molecule has 2 N–H and O–H groups in total. The van der Waals surface area contributed by atoms with Crippen LogP contribution in [-0.4, -0.2) is 36.6 Å². The molecule has 0 bridgehead atoms. The number of carbonyl (C=O) groups is 1. The van der Waals surface area contributed by atoms with E-state index in [1.807, 2.05) is 25.1 Å². The van der Waals surface area contributed by atoms with Crippen LogP contribution in [0.2, 0.25) is 5.02 Å². The molecule has 1 atom stereocenters. The van der Waals surface area contributed by atoms with E-state index in [0.717, 1.165) is 42.3 Å². The lowest BCUT2D eigenvalue weighted by atomic mass is 9.96. The Morgan fingerprint density at radius 1 is 1.15 bits per heavy atom. The molecule has 5 nitrogen and oxygen atoms in total. The van der Waals surface area contributed by atoms with Crippen LogP contribution in [0.1, 0.15) is 61.0 Å². The van der Waals surface area contributed by atoms with Crippen molar-refractivity contribution in [1.82, 2.24) is 15.6 Å². The number of hydrogen-bond acceptors (Lipinski definition) is 4. The Morgan fingerprint density at radius 3 is 2.56 bits per heavy atom. The zero-order chi connectivity index (χ0) is 29.6. The molecule has 0 saturated carbocycles. The fourth-order valence-electron chi connectivity index (χ4n) is 5.15. The summed E-state index contributed by atoms with van der Waals surface area (Å²) in [5, 5.41) is 6.95. The van der Waals surface area contributed by atoms with E-state index in [1.165, 1.54) is 12.3 Å². The molecule has 4 rings (SSSR count). The molecule has 41 heavy (non-hydrogen) atoms. The van der Waals surface area contributed by atoms with Crippen LogP contribution in [0, 0.1) is 5.92 Å². The summed E-state index contributed by atoms with van der Waals surface area (Å²) in [4.78, 5) is 18.5. The van der Waals surface area contributed by atoms with E-state index >= 15 is 0 Å². The van der Waals surface area contributed by atoms with Crippen LogP contribution in [0.4, 0.5) is 19.0 Å². The molecule has 0 aliphatic carbocycles. The van der Waals surface area contributed by atoms with Crippen molar-refractivity contribution in [3.63, 3.8) is 0 Å². The van der Waals surface area contributed by atoms with Crippen LogP contribution in [-0.2, 0) is 12.7 Å². The largest absolute Gasteiger partial charge is 0.419 e. The van der Waals surface area contributed by atoms with Crippen molar-refractivity contribution in [2.24, 2.45) is 5.92 Å². The van der Waals surface area contributed by atoms with E-state index in [4.69, 9.17) is 11.6 Å². The number of halogens is 5. The number of nitrogens with zero attached hydrogens (tertiary/aromatic N) is 2. The Bertz CT molecular complexity index is 1350. The summed E-state index contributed by atoms with van der Waals surface area (Å²) < 4.78 is 43.0. The Hall–Kier alpha value is -2.62. The monoisotopic (exact) mass is 650 g/mol. The minimum atomic E-state index is -4.52. The van der Waals surface area contributed by atoms with E-state index in [1.54, 1.807) is 29.2 Å². The highest BCUT2D eigenvalue weighted by Crippen LogP contribution is 2.39. The molecule has 1 saturated heterocycles. The molecule has 1 aliphatic rings. The molecule has 0 radical (unpaired) electrons. The summed E-state index contributed by atoms with van der Waals surface area (Å²) in [6.45, 7) is 6.48. The number of hydrogen-bond donors (Lipinski definition) is 2. The Labute approximate surface area is 253 Å². The minimum Gasteiger partial charge on any atom is -0.356 e. The summed E-state index contributed by atoms with van der Waals surface area (Å²) in [5.41, 5.74) is 1.91. The zero-order valence-electron chi connectivity index (χ0n) is 23.2. The van der Waals surface area contributed by atoms with E-state index in [0.29, 0.717) is 47.3 Å². The van der Waals surface area contributed by atoms with Gasteiger partial charge in [0.15, 0.2) is 0 Å². The summed E-state index contributed by atoms with van der Waals surface area (Å²) in [6, 6.07) is 13.7. The lowest BCUT2D eigenvalue weighted by molar-refractivity contribution is -0.137. The molecule has 10 heteroatoms. The number of piperidine rings is 1. The summed E-state index contributed by atoms with van der Waals surface area (Å²) in [5.74, 6) is 0.238. The lowest BCUT2D eigenvalue weighted by Crippen LogP contribution is -2.38. The number of benzene rings is 2. The van der Waals surface area contributed by atoms with Gasteiger partial charge >= 0.3 is 6.18 Å². The quantitative estimate of drug-likeness (QED) is 0.233. The molecule has 220 valence electrons. The minimum absolute atomic E-state index is 0.0215. The first-order valence-corrected chi connectivity index (χ1v) is 15.1. The Balaban J connectivity index is 1.31. The molecule has 1 fully saturated rings. The first kappa shape index (κ1) is 31.3. The maximum absolute atomic E-state index is 14.0. The molecular weight excluding hydrogens is 617 g/mol. The number of amides is 1. The number of alkyl halides is 3. The number of aromatic nitrogens is 1. The van der Waals surface area contributed by atoms with Gasteiger partial charge in [0, 0.05) is 52.5 Å². The highest BCUT2D eigenvalue weighted by molar-refractivity contribution is 9.10. The van der Waals surface area contributed by atoms with Gasteiger partial charge in [0.2, 0.25) is 0 Å². The zero-order valence-corrected chi connectivity index (χ0v) is 25.5. The number of anilines is 1. The second-order valence-corrected chi connectivity index (χ2v) is 11.9. The van der Waals surface area contributed by atoms with Gasteiger partial charge in [0.1, 0.15) is 5.82 Å². The molecule has 1 aliphatic heterocycles. The predicted octanol–water partition coefficient (Wildman–Crippen LogP) is 8.11. The van der Waals surface area contributed by atoms with Gasteiger partial charge in [-0.05, 0) is 80.1 Å². The van der Waals surface area contributed by atoms with Gasteiger partial charge in [-0.1, -0.05) is 59.1 Å². The summed E-state index contributed by atoms with van der Waals surface area (Å²) in [7, 11) is 0. The van der Waals surface area contributed by atoms with Gasteiger partial charge < -0.3 is 15.5 Å². The van der Waals surface area contributed by atoms with Crippen LogP contribution in [0.25, 0.3) is 11.1 Å². The first-order valence-electron chi connectivity index (χ1n) is 13.9. The van der Waals surface area contributed by atoms with Crippen LogP contribution in [0.3, 0.4) is 0 Å². The molecule has 2 aromatic carbocycles. The van der Waals surface area contributed by atoms with Crippen LogP contribution in [0.5, 0.6) is 0 Å². The van der Waals surface area contributed by atoms with Crippen molar-refractivity contribution in [1.29, 1.82) is 0 Å². The third kappa shape index (κ3) is 8.46. The smallest absolute Gasteiger partial charge is 0.356 e. The molecule has 0 spiro atoms. The van der Waals surface area contributed by atoms with Crippen molar-refractivity contribution in [3.05, 3.63) is 80.9 Å². The molecule has 2 heterocycles.